The Labute approximate surface area is 179 Å². The van der Waals surface area contributed by atoms with Crippen molar-refractivity contribution in [1.82, 2.24) is 24.5 Å². The minimum atomic E-state index is -2.69. The average molecular weight is 429 g/mol. The first-order valence-corrected chi connectivity index (χ1v) is 10.4. The van der Waals surface area contributed by atoms with Gasteiger partial charge in [-0.1, -0.05) is 32.0 Å². The maximum atomic E-state index is 13.5. The van der Waals surface area contributed by atoms with E-state index in [9.17, 15) is 13.6 Å². The first kappa shape index (κ1) is 21.1. The number of nitrogens with zero attached hydrogens (tertiary/aromatic N) is 5. The molecule has 1 atom stereocenters. The summed E-state index contributed by atoms with van der Waals surface area (Å²) in [6.07, 6.45) is 0.0476. The molecule has 2 aromatic heterocycles. The second-order valence-electron chi connectivity index (χ2n) is 8.04. The summed E-state index contributed by atoms with van der Waals surface area (Å²) in [4.78, 5) is 22.9. The second kappa shape index (κ2) is 8.95. The van der Waals surface area contributed by atoms with Crippen molar-refractivity contribution >= 4 is 11.7 Å². The van der Waals surface area contributed by atoms with Crippen molar-refractivity contribution in [1.29, 1.82) is 0 Å². The van der Waals surface area contributed by atoms with Gasteiger partial charge in [0, 0.05) is 19.0 Å². The zero-order valence-corrected chi connectivity index (χ0v) is 17.5. The standard InChI is InChI=1S/C22H25F2N5O2/c1-14(2)16-7-3-4-8-19(16)31-12-20(30)28-9-5-6-15(11-28)17-10-18(21(23)24)29-22(27-17)25-13-26-29/h3-4,7-8,10,13-15,21H,5-6,9,11-12H2,1-2H3. The highest BCUT2D eigenvalue weighted by molar-refractivity contribution is 5.78. The third-order valence-corrected chi connectivity index (χ3v) is 5.61. The van der Waals surface area contributed by atoms with E-state index in [0.717, 1.165) is 22.9 Å². The van der Waals surface area contributed by atoms with Crippen molar-refractivity contribution in [2.75, 3.05) is 19.7 Å². The molecule has 1 saturated heterocycles. The Morgan fingerprint density at radius 1 is 1.29 bits per heavy atom. The molecule has 164 valence electrons. The molecule has 1 aliphatic rings. The summed E-state index contributed by atoms with van der Waals surface area (Å²) in [5, 5.41) is 3.82. The monoisotopic (exact) mass is 429 g/mol. The summed E-state index contributed by atoms with van der Waals surface area (Å²) in [5.41, 5.74) is 1.33. The van der Waals surface area contributed by atoms with E-state index in [-0.39, 0.29) is 35.8 Å². The van der Waals surface area contributed by atoms with Crippen LogP contribution in [0, 0.1) is 0 Å². The molecule has 1 fully saturated rings. The molecule has 1 aliphatic heterocycles. The van der Waals surface area contributed by atoms with Crippen molar-refractivity contribution in [3.05, 3.63) is 53.6 Å². The molecule has 0 N–H and O–H groups in total. The Bertz CT molecular complexity index is 1070. The molecular weight excluding hydrogens is 404 g/mol. The fourth-order valence-electron chi connectivity index (χ4n) is 3.98. The molecular formula is C22H25F2N5O2. The maximum Gasteiger partial charge on any atom is 0.280 e. The van der Waals surface area contributed by atoms with Crippen LogP contribution in [-0.4, -0.2) is 50.1 Å². The number of carbonyl (C=O) groups excluding carboxylic acids is 1. The Morgan fingerprint density at radius 2 is 2.10 bits per heavy atom. The first-order valence-electron chi connectivity index (χ1n) is 10.4. The predicted molar refractivity (Wildman–Crippen MR) is 110 cm³/mol. The number of piperidine rings is 1. The van der Waals surface area contributed by atoms with Gasteiger partial charge in [-0.05, 0) is 36.5 Å². The van der Waals surface area contributed by atoms with Gasteiger partial charge in [-0.25, -0.2) is 13.8 Å². The number of rotatable bonds is 6. The number of hydrogen-bond donors (Lipinski definition) is 0. The van der Waals surface area contributed by atoms with Crippen LogP contribution in [0.5, 0.6) is 5.75 Å². The number of ether oxygens (including phenoxy) is 1. The number of benzene rings is 1. The van der Waals surface area contributed by atoms with Gasteiger partial charge in [0.2, 0.25) is 0 Å². The van der Waals surface area contributed by atoms with Crippen LogP contribution < -0.4 is 4.74 Å². The van der Waals surface area contributed by atoms with Crippen LogP contribution >= 0.6 is 0 Å². The van der Waals surface area contributed by atoms with Crippen LogP contribution in [0.4, 0.5) is 8.78 Å². The maximum absolute atomic E-state index is 13.5. The lowest BCUT2D eigenvalue weighted by Gasteiger charge is -2.32. The topological polar surface area (TPSA) is 72.6 Å². The van der Waals surface area contributed by atoms with Gasteiger partial charge in [0.1, 0.15) is 17.8 Å². The molecule has 0 spiro atoms. The number of fused-ring (bicyclic) bond motifs is 1. The largest absolute Gasteiger partial charge is 0.483 e. The van der Waals surface area contributed by atoms with E-state index in [1.54, 1.807) is 4.90 Å². The summed E-state index contributed by atoms with van der Waals surface area (Å²) in [7, 11) is 0. The van der Waals surface area contributed by atoms with Gasteiger partial charge in [0.25, 0.3) is 18.1 Å². The van der Waals surface area contributed by atoms with Crippen molar-refractivity contribution in [2.45, 2.75) is 45.0 Å². The van der Waals surface area contributed by atoms with E-state index in [1.165, 1.54) is 12.4 Å². The molecule has 1 unspecified atom stereocenters. The molecule has 0 saturated carbocycles. The zero-order chi connectivity index (χ0) is 22.0. The van der Waals surface area contributed by atoms with E-state index < -0.39 is 6.43 Å². The van der Waals surface area contributed by atoms with E-state index in [2.05, 4.69) is 28.9 Å². The average Bonchev–Trinajstić information content (AvgIpc) is 3.25. The molecule has 1 aromatic carbocycles. The second-order valence-corrected chi connectivity index (χ2v) is 8.04. The number of likely N-dealkylation sites (tertiary alicyclic amines) is 1. The Morgan fingerprint density at radius 3 is 2.87 bits per heavy atom. The number of carbonyl (C=O) groups is 1. The number of alkyl halides is 2. The highest BCUT2D eigenvalue weighted by atomic mass is 19.3. The molecule has 0 radical (unpaired) electrons. The van der Waals surface area contributed by atoms with Crippen LogP contribution in [0.2, 0.25) is 0 Å². The number of para-hydroxylation sites is 1. The molecule has 1 amide bonds. The smallest absolute Gasteiger partial charge is 0.280 e. The summed E-state index contributed by atoms with van der Waals surface area (Å²) >= 11 is 0. The summed E-state index contributed by atoms with van der Waals surface area (Å²) < 4.78 is 33.8. The number of amides is 1. The quantitative estimate of drug-likeness (QED) is 0.593. The number of aromatic nitrogens is 4. The third kappa shape index (κ3) is 4.50. The van der Waals surface area contributed by atoms with E-state index in [4.69, 9.17) is 4.74 Å². The highest BCUT2D eigenvalue weighted by Crippen LogP contribution is 2.30. The minimum absolute atomic E-state index is 0.0601. The van der Waals surface area contributed by atoms with Crippen molar-refractivity contribution in [3.63, 3.8) is 0 Å². The van der Waals surface area contributed by atoms with Gasteiger partial charge < -0.3 is 9.64 Å². The van der Waals surface area contributed by atoms with Gasteiger partial charge in [-0.3, -0.25) is 4.79 Å². The van der Waals surface area contributed by atoms with Gasteiger partial charge in [0.15, 0.2) is 6.61 Å². The normalized spacial score (nSPS) is 17.0. The molecule has 4 rings (SSSR count). The molecule has 3 heterocycles. The van der Waals surface area contributed by atoms with Crippen LogP contribution in [0.1, 0.15) is 61.9 Å². The molecule has 7 nitrogen and oxygen atoms in total. The van der Waals surface area contributed by atoms with Crippen molar-refractivity contribution in [3.8, 4) is 5.75 Å². The molecule has 3 aromatic rings. The SMILES string of the molecule is CC(C)c1ccccc1OCC(=O)N1CCCC(c2cc(C(F)F)n3ncnc3n2)C1. The van der Waals surface area contributed by atoms with Gasteiger partial charge in [0.05, 0.1) is 5.69 Å². The van der Waals surface area contributed by atoms with Crippen LogP contribution in [-0.2, 0) is 4.79 Å². The zero-order valence-electron chi connectivity index (χ0n) is 17.5. The lowest BCUT2D eigenvalue weighted by Crippen LogP contribution is -2.41. The molecule has 9 heteroatoms. The lowest BCUT2D eigenvalue weighted by atomic mass is 9.94. The first-order chi connectivity index (χ1) is 14.9. The van der Waals surface area contributed by atoms with Crippen LogP contribution in [0.15, 0.2) is 36.7 Å². The van der Waals surface area contributed by atoms with E-state index in [0.29, 0.717) is 24.5 Å². The fourth-order valence-corrected chi connectivity index (χ4v) is 3.98. The van der Waals surface area contributed by atoms with Crippen molar-refractivity contribution < 1.29 is 18.3 Å². The van der Waals surface area contributed by atoms with Gasteiger partial charge >= 0.3 is 0 Å². The van der Waals surface area contributed by atoms with Crippen molar-refractivity contribution in [2.24, 2.45) is 0 Å². The molecule has 0 bridgehead atoms. The molecule has 0 aliphatic carbocycles. The highest BCUT2D eigenvalue weighted by Gasteiger charge is 2.28. The van der Waals surface area contributed by atoms with E-state index >= 15 is 0 Å². The Balaban J connectivity index is 1.46. The van der Waals surface area contributed by atoms with Gasteiger partial charge in [-0.15, -0.1) is 0 Å². The Kier molecular flexibility index (Phi) is 6.11. The lowest BCUT2D eigenvalue weighted by molar-refractivity contribution is -0.134. The summed E-state index contributed by atoms with van der Waals surface area (Å²) in [6.45, 7) is 5.11. The summed E-state index contributed by atoms with van der Waals surface area (Å²) in [5.74, 6) is 0.874. The van der Waals surface area contributed by atoms with Gasteiger partial charge in [-0.2, -0.15) is 14.6 Å². The third-order valence-electron chi connectivity index (χ3n) is 5.61. The number of halogens is 2. The summed E-state index contributed by atoms with van der Waals surface area (Å²) in [6, 6.07) is 9.07. The van der Waals surface area contributed by atoms with E-state index in [1.807, 2.05) is 24.3 Å². The van der Waals surface area contributed by atoms with Crippen LogP contribution in [0.3, 0.4) is 0 Å². The number of hydrogen-bond acceptors (Lipinski definition) is 5. The predicted octanol–water partition coefficient (Wildman–Crippen LogP) is 3.97. The fraction of sp³-hybridized carbons (Fsp3) is 0.455. The molecule has 31 heavy (non-hydrogen) atoms. The Hall–Kier alpha value is -3.10. The minimum Gasteiger partial charge on any atom is -0.483 e. The van der Waals surface area contributed by atoms with Crippen LogP contribution in [0.25, 0.3) is 5.78 Å².